The maximum absolute atomic E-state index is 4.45. The van der Waals surface area contributed by atoms with Crippen molar-refractivity contribution in [2.75, 3.05) is 13.1 Å². The third-order valence-corrected chi connectivity index (χ3v) is 4.45. The molecule has 1 saturated heterocycles. The number of hydrogen-bond acceptors (Lipinski definition) is 4. The molecule has 0 saturated carbocycles. The average molecular weight is 293 g/mol. The Morgan fingerprint density at radius 1 is 1.33 bits per heavy atom. The van der Waals surface area contributed by atoms with Gasteiger partial charge in [0.25, 0.3) is 0 Å². The summed E-state index contributed by atoms with van der Waals surface area (Å²) in [4.78, 5) is 7.06. The van der Waals surface area contributed by atoms with E-state index in [0.29, 0.717) is 18.0 Å². The van der Waals surface area contributed by atoms with Gasteiger partial charge in [0.1, 0.15) is 12.2 Å². The molecule has 1 aromatic rings. The van der Waals surface area contributed by atoms with E-state index in [1.807, 2.05) is 4.68 Å². The number of aryl methyl sites for hydroxylation is 1. The van der Waals surface area contributed by atoms with Crippen molar-refractivity contribution in [2.45, 2.75) is 66.2 Å². The van der Waals surface area contributed by atoms with Crippen LogP contribution in [0.4, 0.5) is 0 Å². The molecule has 2 heterocycles. The summed E-state index contributed by atoms with van der Waals surface area (Å²) in [6.45, 7) is 15.3. The number of rotatable bonds is 6. The largest absolute Gasteiger partial charge is 0.311 e. The molecule has 2 atom stereocenters. The second kappa shape index (κ2) is 7.36. The van der Waals surface area contributed by atoms with Crippen LogP contribution >= 0.6 is 0 Å². The first-order chi connectivity index (χ1) is 10.0. The Bertz CT molecular complexity index is 426. The zero-order chi connectivity index (χ0) is 15.4. The third-order valence-electron chi connectivity index (χ3n) is 4.45. The van der Waals surface area contributed by atoms with Crippen molar-refractivity contribution in [1.29, 1.82) is 0 Å². The highest BCUT2D eigenvalue weighted by Gasteiger charge is 2.30. The van der Waals surface area contributed by atoms with E-state index in [1.165, 1.54) is 6.42 Å². The molecule has 2 unspecified atom stereocenters. The summed E-state index contributed by atoms with van der Waals surface area (Å²) < 4.78 is 2.01. The fourth-order valence-electron chi connectivity index (χ4n) is 3.16. The molecular formula is C16H31N5. The fourth-order valence-corrected chi connectivity index (χ4v) is 3.16. The molecule has 0 aromatic carbocycles. The molecule has 1 fully saturated rings. The van der Waals surface area contributed by atoms with Gasteiger partial charge in [-0.05, 0) is 25.2 Å². The summed E-state index contributed by atoms with van der Waals surface area (Å²) in [5, 5.41) is 8.03. The van der Waals surface area contributed by atoms with Gasteiger partial charge in [-0.25, -0.2) is 9.67 Å². The van der Waals surface area contributed by atoms with Crippen LogP contribution in [0.2, 0.25) is 0 Å². The lowest BCUT2D eigenvalue weighted by molar-refractivity contribution is 0.0885. The Morgan fingerprint density at radius 2 is 2.10 bits per heavy atom. The standard InChI is InChI=1S/C16H31N5/c1-6-21-16(18-11-19-21)10-20-9-15(13(4)5)17-8-14(20)7-12(2)3/h11-15,17H,6-10H2,1-5H3. The van der Waals surface area contributed by atoms with Crippen LogP contribution in [-0.4, -0.2) is 44.8 Å². The van der Waals surface area contributed by atoms with E-state index in [9.17, 15) is 0 Å². The minimum absolute atomic E-state index is 0.575. The molecule has 1 aromatic heterocycles. The van der Waals surface area contributed by atoms with Crippen molar-refractivity contribution in [2.24, 2.45) is 11.8 Å². The Balaban J connectivity index is 2.08. The van der Waals surface area contributed by atoms with Crippen molar-refractivity contribution in [3.05, 3.63) is 12.2 Å². The van der Waals surface area contributed by atoms with Gasteiger partial charge in [0.15, 0.2) is 0 Å². The second-order valence-corrected chi connectivity index (χ2v) is 6.96. The Hall–Kier alpha value is -0.940. The zero-order valence-corrected chi connectivity index (χ0v) is 14.2. The van der Waals surface area contributed by atoms with Crippen LogP contribution in [0.15, 0.2) is 6.33 Å². The molecule has 120 valence electrons. The number of piperazine rings is 1. The molecular weight excluding hydrogens is 262 g/mol. The van der Waals surface area contributed by atoms with E-state index >= 15 is 0 Å². The van der Waals surface area contributed by atoms with Crippen LogP contribution in [0.3, 0.4) is 0 Å². The van der Waals surface area contributed by atoms with Crippen LogP contribution < -0.4 is 5.32 Å². The van der Waals surface area contributed by atoms with Gasteiger partial charge in [0.05, 0.1) is 6.54 Å². The minimum atomic E-state index is 0.575. The van der Waals surface area contributed by atoms with E-state index in [-0.39, 0.29) is 0 Å². The molecule has 2 rings (SSSR count). The van der Waals surface area contributed by atoms with Crippen molar-refractivity contribution in [3.8, 4) is 0 Å². The van der Waals surface area contributed by atoms with E-state index in [4.69, 9.17) is 0 Å². The highest BCUT2D eigenvalue weighted by atomic mass is 15.4. The molecule has 1 aliphatic heterocycles. The van der Waals surface area contributed by atoms with E-state index < -0.39 is 0 Å². The molecule has 5 nitrogen and oxygen atoms in total. The van der Waals surface area contributed by atoms with Gasteiger partial charge in [0, 0.05) is 31.7 Å². The molecule has 0 spiro atoms. The zero-order valence-electron chi connectivity index (χ0n) is 14.2. The monoisotopic (exact) mass is 293 g/mol. The van der Waals surface area contributed by atoms with Crippen LogP contribution in [-0.2, 0) is 13.1 Å². The fraction of sp³-hybridized carbons (Fsp3) is 0.875. The van der Waals surface area contributed by atoms with Crippen LogP contribution in [0.1, 0.15) is 46.9 Å². The molecule has 5 heteroatoms. The minimum Gasteiger partial charge on any atom is -0.311 e. The molecule has 0 aliphatic carbocycles. The Labute approximate surface area is 129 Å². The van der Waals surface area contributed by atoms with Gasteiger partial charge in [-0.2, -0.15) is 5.10 Å². The quantitative estimate of drug-likeness (QED) is 0.873. The maximum Gasteiger partial charge on any atom is 0.141 e. The first kappa shape index (κ1) is 16.4. The van der Waals surface area contributed by atoms with Gasteiger partial charge < -0.3 is 5.32 Å². The molecule has 1 N–H and O–H groups in total. The summed E-state index contributed by atoms with van der Waals surface area (Å²) in [5.74, 6) is 2.48. The summed E-state index contributed by atoms with van der Waals surface area (Å²) >= 11 is 0. The van der Waals surface area contributed by atoms with Gasteiger partial charge in [-0.1, -0.05) is 27.7 Å². The lowest BCUT2D eigenvalue weighted by atomic mass is 9.95. The second-order valence-electron chi connectivity index (χ2n) is 6.96. The van der Waals surface area contributed by atoms with E-state index in [0.717, 1.165) is 37.9 Å². The van der Waals surface area contributed by atoms with E-state index in [1.54, 1.807) is 6.33 Å². The molecule has 0 amide bonds. The predicted molar refractivity (Wildman–Crippen MR) is 86.0 cm³/mol. The van der Waals surface area contributed by atoms with Gasteiger partial charge in [0.2, 0.25) is 0 Å². The van der Waals surface area contributed by atoms with Crippen LogP contribution in [0.5, 0.6) is 0 Å². The molecule has 0 bridgehead atoms. The van der Waals surface area contributed by atoms with Crippen LogP contribution in [0, 0.1) is 11.8 Å². The predicted octanol–water partition coefficient (Wildman–Crippen LogP) is 2.14. The first-order valence-electron chi connectivity index (χ1n) is 8.35. The Morgan fingerprint density at radius 3 is 2.71 bits per heavy atom. The molecule has 1 aliphatic rings. The smallest absolute Gasteiger partial charge is 0.141 e. The summed E-state index contributed by atoms with van der Waals surface area (Å²) in [7, 11) is 0. The lowest BCUT2D eigenvalue weighted by Crippen LogP contribution is -2.58. The number of aromatic nitrogens is 3. The Kier molecular flexibility index (Phi) is 5.76. The average Bonchev–Trinajstić information content (AvgIpc) is 2.87. The van der Waals surface area contributed by atoms with Crippen molar-refractivity contribution in [3.63, 3.8) is 0 Å². The maximum atomic E-state index is 4.45. The van der Waals surface area contributed by atoms with Crippen molar-refractivity contribution >= 4 is 0 Å². The van der Waals surface area contributed by atoms with Crippen LogP contribution in [0.25, 0.3) is 0 Å². The van der Waals surface area contributed by atoms with Crippen molar-refractivity contribution in [1.82, 2.24) is 25.0 Å². The normalized spacial score (nSPS) is 24.1. The summed E-state index contributed by atoms with van der Waals surface area (Å²) in [6, 6.07) is 1.17. The highest BCUT2D eigenvalue weighted by Crippen LogP contribution is 2.20. The molecule has 0 radical (unpaired) electrons. The number of nitrogens with one attached hydrogen (secondary N) is 1. The van der Waals surface area contributed by atoms with Gasteiger partial charge in [-0.15, -0.1) is 0 Å². The highest BCUT2D eigenvalue weighted by molar-refractivity contribution is 4.92. The topological polar surface area (TPSA) is 46.0 Å². The van der Waals surface area contributed by atoms with Gasteiger partial charge in [-0.3, -0.25) is 4.90 Å². The summed E-state index contributed by atoms with van der Waals surface area (Å²) in [6.07, 6.45) is 2.91. The SMILES string of the molecule is CCn1ncnc1CN1CC(C(C)C)NCC1CC(C)C. The van der Waals surface area contributed by atoms with Crippen molar-refractivity contribution < 1.29 is 0 Å². The molecule has 21 heavy (non-hydrogen) atoms. The lowest BCUT2D eigenvalue weighted by Gasteiger charge is -2.42. The summed E-state index contributed by atoms with van der Waals surface area (Å²) in [5.41, 5.74) is 0. The first-order valence-corrected chi connectivity index (χ1v) is 8.35. The van der Waals surface area contributed by atoms with E-state index in [2.05, 4.69) is 54.9 Å². The number of nitrogens with zero attached hydrogens (tertiary/aromatic N) is 4. The third kappa shape index (κ3) is 4.27. The van der Waals surface area contributed by atoms with Gasteiger partial charge >= 0.3 is 0 Å². The number of hydrogen-bond donors (Lipinski definition) is 1.